The van der Waals surface area contributed by atoms with E-state index in [1.165, 1.54) is 34.5 Å². The molecule has 1 heterocycles. The van der Waals surface area contributed by atoms with Crippen LogP contribution in [-0.4, -0.2) is 70.3 Å². The molecule has 1 fully saturated rings. The van der Waals surface area contributed by atoms with Gasteiger partial charge in [-0.05, 0) is 38.3 Å². The number of hydrogen-bond donors (Lipinski definition) is 0. The SMILES string of the molecule is CCOC(=O)/C=C/C[C@H](N=C(SC)SC)C(=O)N1C(=O)N(C)[C@@H](C)[C@H]1c1ccccc1. The van der Waals surface area contributed by atoms with Crippen LogP contribution in [0.15, 0.2) is 47.5 Å². The maximum atomic E-state index is 13.6. The molecule has 1 saturated heterocycles. The van der Waals surface area contributed by atoms with Crippen molar-refractivity contribution in [2.45, 2.75) is 38.4 Å². The summed E-state index contributed by atoms with van der Waals surface area (Å²) in [4.78, 5) is 45.7. The number of imide groups is 1. The molecule has 0 aromatic heterocycles. The Morgan fingerprint density at radius 1 is 1.23 bits per heavy atom. The van der Waals surface area contributed by atoms with Gasteiger partial charge in [-0.1, -0.05) is 36.4 Å². The van der Waals surface area contributed by atoms with Gasteiger partial charge in [0.2, 0.25) is 0 Å². The van der Waals surface area contributed by atoms with E-state index in [-0.39, 0.29) is 31.0 Å². The summed E-state index contributed by atoms with van der Waals surface area (Å²) in [5.74, 6) is -0.857. The average molecular weight is 464 g/mol. The summed E-state index contributed by atoms with van der Waals surface area (Å²) in [6.07, 6.45) is 6.83. The van der Waals surface area contributed by atoms with Crippen LogP contribution in [0, 0.1) is 0 Å². The summed E-state index contributed by atoms with van der Waals surface area (Å²) in [6.45, 7) is 3.93. The number of likely N-dealkylation sites (N-methyl/N-ethyl adjacent to an activating group) is 1. The van der Waals surface area contributed by atoms with E-state index in [1.54, 1.807) is 24.9 Å². The topological polar surface area (TPSA) is 79.3 Å². The zero-order valence-electron chi connectivity index (χ0n) is 18.5. The highest BCUT2D eigenvalue weighted by Crippen LogP contribution is 2.35. The molecule has 7 nitrogen and oxygen atoms in total. The minimum absolute atomic E-state index is 0.181. The van der Waals surface area contributed by atoms with Crippen molar-refractivity contribution in [3.05, 3.63) is 48.0 Å². The van der Waals surface area contributed by atoms with Crippen LogP contribution in [-0.2, 0) is 14.3 Å². The van der Waals surface area contributed by atoms with E-state index in [1.807, 2.05) is 49.8 Å². The predicted octanol–water partition coefficient (Wildman–Crippen LogP) is 3.97. The third kappa shape index (κ3) is 6.13. The average Bonchev–Trinajstić information content (AvgIpc) is 3.00. The summed E-state index contributed by atoms with van der Waals surface area (Å²) in [5.41, 5.74) is 0.890. The van der Waals surface area contributed by atoms with Crippen LogP contribution in [0.3, 0.4) is 0 Å². The Bertz CT molecular complexity index is 838. The van der Waals surface area contributed by atoms with E-state index in [0.29, 0.717) is 0 Å². The highest BCUT2D eigenvalue weighted by Gasteiger charge is 2.47. The van der Waals surface area contributed by atoms with Gasteiger partial charge < -0.3 is 9.64 Å². The monoisotopic (exact) mass is 463 g/mol. The minimum atomic E-state index is -0.825. The van der Waals surface area contributed by atoms with Gasteiger partial charge in [-0.15, -0.1) is 23.5 Å². The third-order valence-corrected chi connectivity index (χ3v) is 6.94. The molecule has 1 aromatic carbocycles. The number of hydrogen-bond acceptors (Lipinski definition) is 7. The van der Waals surface area contributed by atoms with E-state index >= 15 is 0 Å². The number of thioether (sulfide) groups is 2. The molecule has 0 spiro atoms. The maximum Gasteiger partial charge on any atom is 0.330 e. The normalized spacial score (nSPS) is 19.6. The van der Waals surface area contributed by atoms with Crippen LogP contribution < -0.4 is 0 Å². The Morgan fingerprint density at radius 3 is 2.45 bits per heavy atom. The van der Waals surface area contributed by atoms with Gasteiger partial charge in [-0.2, -0.15) is 0 Å². The molecule has 0 N–H and O–H groups in total. The Hall–Kier alpha value is -2.26. The zero-order chi connectivity index (χ0) is 23.0. The second kappa shape index (κ2) is 12.0. The highest BCUT2D eigenvalue weighted by molar-refractivity contribution is 8.38. The molecule has 2 rings (SSSR count). The molecular weight excluding hydrogens is 434 g/mol. The lowest BCUT2D eigenvalue weighted by Crippen LogP contribution is -2.42. The fraction of sp³-hybridized carbons (Fsp3) is 0.455. The first-order valence-corrected chi connectivity index (χ1v) is 12.4. The first kappa shape index (κ1) is 25.0. The maximum absolute atomic E-state index is 13.6. The Labute approximate surface area is 192 Å². The number of benzene rings is 1. The summed E-state index contributed by atoms with van der Waals surface area (Å²) >= 11 is 2.87. The second-order valence-corrected chi connectivity index (χ2v) is 8.76. The number of aliphatic imine (C=N–C) groups is 1. The molecule has 9 heteroatoms. The van der Waals surface area contributed by atoms with Gasteiger partial charge in [-0.3, -0.25) is 14.7 Å². The van der Waals surface area contributed by atoms with Gasteiger partial charge in [0.15, 0.2) is 0 Å². The Balaban J connectivity index is 2.39. The third-order valence-electron chi connectivity index (χ3n) is 5.03. The van der Waals surface area contributed by atoms with Crippen molar-refractivity contribution in [3.8, 4) is 0 Å². The van der Waals surface area contributed by atoms with E-state index < -0.39 is 18.1 Å². The first-order chi connectivity index (χ1) is 14.8. The Kier molecular flexibility index (Phi) is 9.64. The van der Waals surface area contributed by atoms with Crippen molar-refractivity contribution in [2.75, 3.05) is 26.2 Å². The molecule has 1 aliphatic rings. The van der Waals surface area contributed by atoms with Crippen molar-refractivity contribution in [2.24, 2.45) is 4.99 Å². The molecule has 0 radical (unpaired) electrons. The molecular formula is C22H29N3O4S2. The molecule has 1 aliphatic heterocycles. The van der Waals surface area contributed by atoms with Crippen molar-refractivity contribution in [1.82, 2.24) is 9.80 Å². The molecule has 0 bridgehead atoms. The first-order valence-electron chi connectivity index (χ1n) is 9.99. The number of carbonyl (C=O) groups is 3. The van der Waals surface area contributed by atoms with Crippen LogP contribution in [0.1, 0.15) is 31.9 Å². The van der Waals surface area contributed by atoms with Crippen molar-refractivity contribution in [3.63, 3.8) is 0 Å². The highest BCUT2D eigenvalue weighted by atomic mass is 32.2. The van der Waals surface area contributed by atoms with Gasteiger partial charge >= 0.3 is 12.0 Å². The standard InChI is InChI=1S/C22H29N3O4S2/c1-6-29-18(26)14-10-13-17(23-21(30-4)31-5)20(27)25-19(15(2)24(3)22(25)28)16-11-8-7-9-12-16/h7-12,14-15,17,19H,6,13H2,1-5H3/b14-10+/t15-,17-,19-/m0/s1. The van der Waals surface area contributed by atoms with Crippen molar-refractivity contribution in [1.29, 1.82) is 0 Å². The molecule has 1 aromatic rings. The summed E-state index contributed by atoms with van der Waals surface area (Å²) < 4.78 is 5.63. The molecule has 3 amide bonds. The number of amides is 3. The number of esters is 1. The molecule has 3 atom stereocenters. The number of urea groups is 1. The smallest absolute Gasteiger partial charge is 0.330 e. The number of rotatable bonds is 7. The number of ether oxygens (including phenoxy) is 1. The number of carbonyl (C=O) groups excluding carboxylic acids is 3. The van der Waals surface area contributed by atoms with Gasteiger partial charge in [-0.25, -0.2) is 9.59 Å². The van der Waals surface area contributed by atoms with Gasteiger partial charge in [0, 0.05) is 13.1 Å². The van der Waals surface area contributed by atoms with E-state index in [9.17, 15) is 14.4 Å². The molecule has 31 heavy (non-hydrogen) atoms. The van der Waals surface area contributed by atoms with Crippen LogP contribution >= 0.6 is 23.5 Å². The summed E-state index contributed by atoms with van der Waals surface area (Å²) in [7, 11) is 1.70. The summed E-state index contributed by atoms with van der Waals surface area (Å²) in [5, 5.41) is 0. The van der Waals surface area contributed by atoms with E-state index in [2.05, 4.69) is 4.99 Å². The lowest BCUT2D eigenvalue weighted by Gasteiger charge is -2.26. The molecule has 168 valence electrons. The molecule has 0 aliphatic carbocycles. The minimum Gasteiger partial charge on any atom is -0.463 e. The van der Waals surface area contributed by atoms with Crippen LogP contribution in [0.2, 0.25) is 0 Å². The quantitative estimate of drug-likeness (QED) is 0.263. The second-order valence-electron chi connectivity index (χ2n) is 6.91. The number of nitrogens with zero attached hydrogens (tertiary/aromatic N) is 3. The Morgan fingerprint density at radius 2 is 1.87 bits per heavy atom. The van der Waals surface area contributed by atoms with E-state index in [0.717, 1.165) is 9.94 Å². The van der Waals surface area contributed by atoms with E-state index in [4.69, 9.17) is 4.74 Å². The zero-order valence-corrected chi connectivity index (χ0v) is 20.1. The summed E-state index contributed by atoms with van der Waals surface area (Å²) in [6, 6.07) is 7.76. The van der Waals surface area contributed by atoms with Gasteiger partial charge in [0.05, 0.1) is 18.7 Å². The molecule has 0 saturated carbocycles. The lowest BCUT2D eigenvalue weighted by atomic mass is 9.99. The van der Waals surface area contributed by atoms with Crippen molar-refractivity contribution < 1.29 is 19.1 Å². The van der Waals surface area contributed by atoms with Crippen molar-refractivity contribution >= 4 is 45.8 Å². The van der Waals surface area contributed by atoms with Crippen LogP contribution in [0.4, 0.5) is 4.79 Å². The van der Waals surface area contributed by atoms with Gasteiger partial charge in [0.25, 0.3) is 5.91 Å². The fourth-order valence-electron chi connectivity index (χ4n) is 3.37. The fourth-order valence-corrected chi connectivity index (χ4v) is 4.50. The lowest BCUT2D eigenvalue weighted by molar-refractivity contribution is -0.137. The largest absolute Gasteiger partial charge is 0.463 e. The van der Waals surface area contributed by atoms with Crippen LogP contribution in [0.5, 0.6) is 0 Å². The molecule has 0 unspecified atom stereocenters. The van der Waals surface area contributed by atoms with Crippen LogP contribution in [0.25, 0.3) is 0 Å². The predicted molar refractivity (Wildman–Crippen MR) is 127 cm³/mol. The van der Waals surface area contributed by atoms with Gasteiger partial charge in [0.1, 0.15) is 10.4 Å².